The third-order valence-electron chi connectivity index (χ3n) is 6.12. The van der Waals surface area contributed by atoms with Crippen LogP contribution in [0.15, 0.2) is 40.9 Å². The van der Waals surface area contributed by atoms with E-state index in [0.29, 0.717) is 19.0 Å². The van der Waals surface area contributed by atoms with Crippen LogP contribution in [-0.4, -0.2) is 29.2 Å². The van der Waals surface area contributed by atoms with E-state index in [0.717, 1.165) is 42.3 Å². The molecule has 1 heterocycles. The molecule has 1 saturated heterocycles. The molecule has 1 N–H and O–H groups in total. The molecule has 0 radical (unpaired) electrons. The third-order valence-corrected chi connectivity index (χ3v) is 6.81. The van der Waals surface area contributed by atoms with E-state index in [-0.39, 0.29) is 6.10 Å². The number of rotatable bonds is 4. The lowest BCUT2D eigenvalue weighted by Crippen LogP contribution is -2.36. The van der Waals surface area contributed by atoms with Gasteiger partial charge in [0.1, 0.15) is 11.9 Å². The average molecular weight is 444 g/mol. The van der Waals surface area contributed by atoms with Crippen molar-refractivity contribution >= 4 is 22.0 Å². The van der Waals surface area contributed by atoms with E-state index in [4.69, 9.17) is 9.84 Å². The van der Waals surface area contributed by atoms with Crippen LogP contribution in [0.1, 0.15) is 60.5 Å². The summed E-state index contributed by atoms with van der Waals surface area (Å²) in [5.41, 5.74) is 5.33. The number of hydrogen-bond acceptors (Lipinski definition) is 2. The maximum atomic E-state index is 11.1. The number of carboxylic acid groups (broad SMARTS) is 1. The van der Waals surface area contributed by atoms with Crippen LogP contribution in [0.2, 0.25) is 0 Å². The minimum atomic E-state index is -0.805. The standard InChI is InChI=1S/C23H26BrNO3/c1-2-15-14-18(28-21-9-6-17-4-3-5-20(24)22(17)21)7-8-19(15)16-10-12-25(13-11-16)23(26)27/h3-5,7-8,14,16,21H,2,6,9-13H2,1H3,(H,26,27). The van der Waals surface area contributed by atoms with Crippen LogP contribution in [0.5, 0.6) is 5.75 Å². The molecule has 2 aromatic carbocycles. The smallest absolute Gasteiger partial charge is 0.407 e. The molecule has 1 unspecified atom stereocenters. The van der Waals surface area contributed by atoms with E-state index in [1.807, 2.05) is 0 Å². The fraction of sp³-hybridized carbons (Fsp3) is 0.435. The maximum absolute atomic E-state index is 11.1. The summed E-state index contributed by atoms with van der Waals surface area (Å²) >= 11 is 3.68. The first-order valence-electron chi connectivity index (χ1n) is 10.1. The largest absolute Gasteiger partial charge is 0.486 e. The van der Waals surface area contributed by atoms with Crippen LogP contribution in [-0.2, 0) is 12.8 Å². The number of hydrogen-bond donors (Lipinski definition) is 1. The fourth-order valence-corrected chi connectivity index (χ4v) is 5.28. The molecule has 5 heteroatoms. The van der Waals surface area contributed by atoms with Crippen LogP contribution in [0.4, 0.5) is 4.79 Å². The van der Waals surface area contributed by atoms with Crippen molar-refractivity contribution in [2.75, 3.05) is 13.1 Å². The van der Waals surface area contributed by atoms with Crippen molar-refractivity contribution in [3.05, 3.63) is 63.1 Å². The van der Waals surface area contributed by atoms with E-state index in [9.17, 15) is 4.79 Å². The van der Waals surface area contributed by atoms with Crippen molar-refractivity contribution in [2.24, 2.45) is 0 Å². The molecular formula is C23H26BrNO3. The number of piperidine rings is 1. The average Bonchev–Trinajstić information content (AvgIpc) is 3.12. The summed E-state index contributed by atoms with van der Waals surface area (Å²) in [5.74, 6) is 1.36. The molecule has 28 heavy (non-hydrogen) atoms. The topological polar surface area (TPSA) is 49.8 Å². The van der Waals surface area contributed by atoms with Gasteiger partial charge in [-0.15, -0.1) is 0 Å². The van der Waals surface area contributed by atoms with Crippen LogP contribution < -0.4 is 4.74 Å². The van der Waals surface area contributed by atoms with E-state index >= 15 is 0 Å². The Morgan fingerprint density at radius 1 is 1.21 bits per heavy atom. The number of halogens is 1. The lowest BCUT2D eigenvalue weighted by molar-refractivity contribution is 0.132. The van der Waals surface area contributed by atoms with Gasteiger partial charge in [0, 0.05) is 23.1 Å². The van der Waals surface area contributed by atoms with Gasteiger partial charge in [-0.3, -0.25) is 0 Å². The summed E-state index contributed by atoms with van der Waals surface area (Å²) in [6, 6.07) is 12.8. The zero-order chi connectivity index (χ0) is 19.7. The van der Waals surface area contributed by atoms with Crippen LogP contribution in [0.3, 0.4) is 0 Å². The van der Waals surface area contributed by atoms with Gasteiger partial charge in [-0.05, 0) is 72.9 Å². The summed E-state index contributed by atoms with van der Waals surface area (Å²) in [6.45, 7) is 3.42. The molecule has 1 amide bonds. The number of amides is 1. The zero-order valence-corrected chi connectivity index (χ0v) is 17.7. The normalized spacial score (nSPS) is 19.5. The number of benzene rings is 2. The highest BCUT2D eigenvalue weighted by Crippen LogP contribution is 2.40. The van der Waals surface area contributed by atoms with Crippen molar-refractivity contribution < 1.29 is 14.6 Å². The summed E-state index contributed by atoms with van der Waals surface area (Å²) in [6.07, 6.45) is 4.09. The minimum Gasteiger partial charge on any atom is -0.486 e. The van der Waals surface area contributed by atoms with E-state index in [1.54, 1.807) is 0 Å². The van der Waals surface area contributed by atoms with Crippen LogP contribution in [0.25, 0.3) is 0 Å². The lowest BCUT2D eigenvalue weighted by Gasteiger charge is -2.31. The second-order valence-electron chi connectivity index (χ2n) is 7.72. The summed E-state index contributed by atoms with van der Waals surface area (Å²) in [7, 11) is 0. The predicted octanol–water partition coefficient (Wildman–Crippen LogP) is 5.94. The Hall–Kier alpha value is -2.01. The molecular weight excluding hydrogens is 418 g/mol. The molecule has 4 nitrogen and oxygen atoms in total. The second kappa shape index (κ2) is 8.16. The number of fused-ring (bicyclic) bond motifs is 1. The molecule has 1 aliphatic carbocycles. The van der Waals surface area contributed by atoms with Crippen LogP contribution >= 0.6 is 15.9 Å². The molecule has 0 aromatic heterocycles. The molecule has 0 spiro atoms. The molecule has 2 aliphatic rings. The Bertz CT molecular complexity index is 874. The zero-order valence-electron chi connectivity index (χ0n) is 16.2. The van der Waals surface area contributed by atoms with Gasteiger partial charge in [-0.2, -0.15) is 0 Å². The predicted molar refractivity (Wildman–Crippen MR) is 113 cm³/mol. The van der Waals surface area contributed by atoms with Gasteiger partial charge in [0.2, 0.25) is 0 Å². The van der Waals surface area contributed by atoms with Crippen molar-refractivity contribution in [3.63, 3.8) is 0 Å². The highest BCUT2D eigenvalue weighted by atomic mass is 79.9. The van der Waals surface area contributed by atoms with E-state index < -0.39 is 6.09 Å². The van der Waals surface area contributed by atoms with Gasteiger partial charge < -0.3 is 14.7 Å². The van der Waals surface area contributed by atoms with Gasteiger partial charge >= 0.3 is 6.09 Å². The molecule has 1 aliphatic heterocycles. The van der Waals surface area contributed by atoms with Crippen molar-refractivity contribution in [3.8, 4) is 5.75 Å². The monoisotopic (exact) mass is 443 g/mol. The Kier molecular flexibility index (Phi) is 5.63. The first-order valence-corrected chi connectivity index (χ1v) is 10.9. The molecule has 1 atom stereocenters. The highest BCUT2D eigenvalue weighted by Gasteiger charge is 2.27. The summed E-state index contributed by atoms with van der Waals surface area (Å²) < 4.78 is 7.53. The number of aryl methyl sites for hydroxylation is 2. The Balaban J connectivity index is 1.50. The fourth-order valence-electron chi connectivity index (χ4n) is 4.61. The van der Waals surface area contributed by atoms with Gasteiger partial charge in [-0.1, -0.05) is 41.1 Å². The van der Waals surface area contributed by atoms with Crippen molar-refractivity contribution in [2.45, 2.75) is 51.0 Å². The number of likely N-dealkylation sites (tertiary alicyclic amines) is 1. The van der Waals surface area contributed by atoms with Crippen LogP contribution in [0, 0.1) is 0 Å². The molecule has 4 rings (SSSR count). The third kappa shape index (κ3) is 3.77. The number of ether oxygens (including phenoxy) is 1. The molecule has 0 bridgehead atoms. The minimum absolute atomic E-state index is 0.0972. The molecule has 1 fully saturated rings. The quantitative estimate of drug-likeness (QED) is 0.636. The van der Waals surface area contributed by atoms with E-state index in [1.165, 1.54) is 27.2 Å². The Morgan fingerprint density at radius 2 is 2.00 bits per heavy atom. The van der Waals surface area contributed by atoms with Gasteiger partial charge in [-0.25, -0.2) is 4.79 Å². The molecule has 148 valence electrons. The highest BCUT2D eigenvalue weighted by molar-refractivity contribution is 9.10. The van der Waals surface area contributed by atoms with E-state index in [2.05, 4.69) is 59.3 Å². The lowest BCUT2D eigenvalue weighted by atomic mass is 9.86. The number of nitrogens with zero attached hydrogens (tertiary/aromatic N) is 1. The van der Waals surface area contributed by atoms with Crippen molar-refractivity contribution in [1.29, 1.82) is 0 Å². The SMILES string of the molecule is CCc1cc(OC2CCc3cccc(Br)c32)ccc1C1CCN(C(=O)O)CC1. The summed E-state index contributed by atoms with van der Waals surface area (Å²) in [5, 5.41) is 9.16. The summed E-state index contributed by atoms with van der Waals surface area (Å²) in [4.78, 5) is 12.7. The van der Waals surface area contributed by atoms with Crippen molar-refractivity contribution in [1.82, 2.24) is 4.90 Å². The molecule has 2 aromatic rings. The first kappa shape index (κ1) is 19.3. The Morgan fingerprint density at radius 3 is 2.71 bits per heavy atom. The second-order valence-corrected chi connectivity index (χ2v) is 8.57. The molecule has 0 saturated carbocycles. The maximum Gasteiger partial charge on any atom is 0.407 e. The van der Waals surface area contributed by atoms with Gasteiger partial charge in [0.05, 0.1) is 0 Å². The number of carbonyl (C=O) groups is 1. The van der Waals surface area contributed by atoms with Gasteiger partial charge in [0.15, 0.2) is 0 Å². The Labute approximate surface area is 174 Å². The van der Waals surface area contributed by atoms with Gasteiger partial charge in [0.25, 0.3) is 0 Å². The first-order chi connectivity index (χ1) is 13.6.